The predicted octanol–water partition coefficient (Wildman–Crippen LogP) is 1.27. The number of nitrogens with one attached hydrogen (secondary N) is 2. The lowest BCUT2D eigenvalue weighted by Gasteiger charge is -2.14. The van der Waals surface area contributed by atoms with Crippen molar-refractivity contribution >= 4 is 21.6 Å². The minimum atomic E-state index is -3.34. The Bertz CT molecular complexity index is 610. The molecule has 0 aliphatic carbocycles. The van der Waals surface area contributed by atoms with E-state index in [1.807, 2.05) is 0 Å². The van der Waals surface area contributed by atoms with Crippen molar-refractivity contribution in [3.63, 3.8) is 0 Å². The van der Waals surface area contributed by atoms with Gasteiger partial charge in [0.05, 0.1) is 6.26 Å². The second kappa shape index (κ2) is 7.60. The second-order valence-corrected chi connectivity index (χ2v) is 7.36. The summed E-state index contributed by atoms with van der Waals surface area (Å²) in [6, 6.07) is 6.48. The zero-order valence-electron chi connectivity index (χ0n) is 12.8. The maximum absolute atomic E-state index is 12.1. The number of amides is 1. The number of anilines is 1. The highest BCUT2D eigenvalue weighted by Crippen LogP contribution is 2.12. The fraction of sp³-hybridized carbons (Fsp3) is 0.533. The molecule has 1 aliphatic heterocycles. The molecule has 0 aromatic heterocycles. The Morgan fingerprint density at radius 2 is 2.00 bits per heavy atom. The largest absolute Gasteiger partial charge is 0.352 e. The number of benzene rings is 1. The molecular formula is C15H23N3O3S. The van der Waals surface area contributed by atoms with Gasteiger partial charge in [0.25, 0.3) is 5.91 Å². The van der Waals surface area contributed by atoms with Gasteiger partial charge in [-0.2, -0.15) is 0 Å². The van der Waals surface area contributed by atoms with E-state index >= 15 is 0 Å². The highest BCUT2D eigenvalue weighted by molar-refractivity contribution is 7.92. The summed E-state index contributed by atoms with van der Waals surface area (Å²) in [7, 11) is -3.34. The van der Waals surface area contributed by atoms with Crippen molar-refractivity contribution < 1.29 is 13.2 Å². The summed E-state index contributed by atoms with van der Waals surface area (Å²) < 4.78 is 24.8. The molecule has 0 bridgehead atoms. The Kier molecular flexibility index (Phi) is 5.79. The average molecular weight is 325 g/mol. The first-order chi connectivity index (χ1) is 10.4. The van der Waals surface area contributed by atoms with E-state index in [1.54, 1.807) is 18.2 Å². The Morgan fingerprint density at radius 3 is 2.68 bits per heavy atom. The molecule has 1 aromatic carbocycles. The first-order valence-electron chi connectivity index (χ1n) is 7.52. The van der Waals surface area contributed by atoms with Gasteiger partial charge in [-0.1, -0.05) is 6.07 Å². The smallest absolute Gasteiger partial charge is 0.251 e. The van der Waals surface area contributed by atoms with Crippen LogP contribution in [-0.2, 0) is 10.0 Å². The minimum absolute atomic E-state index is 0.182. The molecule has 6 nitrogen and oxygen atoms in total. The highest BCUT2D eigenvalue weighted by Gasteiger charge is 2.11. The van der Waals surface area contributed by atoms with E-state index in [1.165, 1.54) is 18.9 Å². The lowest BCUT2D eigenvalue weighted by molar-refractivity contribution is 0.0952. The van der Waals surface area contributed by atoms with Crippen LogP contribution in [0.15, 0.2) is 24.3 Å². The molecule has 7 heteroatoms. The van der Waals surface area contributed by atoms with Crippen molar-refractivity contribution in [1.82, 2.24) is 10.2 Å². The molecule has 1 saturated heterocycles. The van der Waals surface area contributed by atoms with Crippen LogP contribution in [0.3, 0.4) is 0 Å². The molecule has 1 amide bonds. The fourth-order valence-corrected chi connectivity index (χ4v) is 3.11. The molecule has 22 heavy (non-hydrogen) atoms. The molecule has 122 valence electrons. The third-order valence-electron chi connectivity index (χ3n) is 3.56. The number of likely N-dealkylation sites (tertiary alicyclic amines) is 1. The van der Waals surface area contributed by atoms with E-state index in [4.69, 9.17) is 0 Å². The minimum Gasteiger partial charge on any atom is -0.352 e. The SMILES string of the molecule is CS(=O)(=O)Nc1cccc(C(=O)NCCCN2CCCC2)c1. The molecule has 0 radical (unpaired) electrons. The second-order valence-electron chi connectivity index (χ2n) is 5.61. The standard InChI is InChI=1S/C15H23N3O3S/c1-22(20,21)17-14-7-4-6-13(12-14)15(19)16-8-5-11-18-9-2-3-10-18/h4,6-7,12,17H,2-3,5,8-11H2,1H3,(H,16,19). The van der Waals surface area contributed by atoms with Crippen molar-refractivity contribution in [3.05, 3.63) is 29.8 Å². The van der Waals surface area contributed by atoms with Crippen molar-refractivity contribution in [3.8, 4) is 0 Å². The molecule has 2 rings (SSSR count). The monoisotopic (exact) mass is 325 g/mol. The zero-order valence-corrected chi connectivity index (χ0v) is 13.7. The van der Waals surface area contributed by atoms with Crippen LogP contribution in [0.4, 0.5) is 5.69 Å². The third-order valence-corrected chi connectivity index (χ3v) is 4.17. The van der Waals surface area contributed by atoms with Gasteiger partial charge in [0.1, 0.15) is 0 Å². The molecule has 0 saturated carbocycles. The summed E-state index contributed by atoms with van der Waals surface area (Å²) in [4.78, 5) is 14.5. The number of rotatable bonds is 7. The Balaban J connectivity index is 1.80. The quantitative estimate of drug-likeness (QED) is 0.740. The number of nitrogens with zero attached hydrogens (tertiary/aromatic N) is 1. The molecule has 1 heterocycles. The van der Waals surface area contributed by atoms with Crippen LogP contribution in [0.25, 0.3) is 0 Å². The molecule has 0 unspecified atom stereocenters. The third kappa shape index (κ3) is 5.65. The van der Waals surface area contributed by atoms with Crippen molar-refractivity contribution in [2.75, 3.05) is 37.2 Å². The van der Waals surface area contributed by atoms with Crippen LogP contribution in [0.2, 0.25) is 0 Å². The zero-order chi connectivity index (χ0) is 16.0. The van der Waals surface area contributed by atoms with Crippen LogP contribution >= 0.6 is 0 Å². The van der Waals surface area contributed by atoms with Gasteiger partial charge in [-0.05, 0) is 57.1 Å². The summed E-state index contributed by atoms with van der Waals surface area (Å²) >= 11 is 0. The van der Waals surface area contributed by atoms with Gasteiger partial charge >= 0.3 is 0 Å². The maximum Gasteiger partial charge on any atom is 0.251 e. The van der Waals surface area contributed by atoms with Crippen molar-refractivity contribution in [2.45, 2.75) is 19.3 Å². The van der Waals surface area contributed by atoms with Crippen LogP contribution < -0.4 is 10.0 Å². The summed E-state index contributed by atoms with van der Waals surface area (Å²) in [5.74, 6) is -0.182. The van der Waals surface area contributed by atoms with Crippen LogP contribution in [-0.4, -0.2) is 51.7 Å². The fourth-order valence-electron chi connectivity index (χ4n) is 2.55. The van der Waals surface area contributed by atoms with E-state index in [0.717, 1.165) is 32.3 Å². The van der Waals surface area contributed by atoms with Gasteiger partial charge in [-0.25, -0.2) is 8.42 Å². The predicted molar refractivity (Wildman–Crippen MR) is 87.5 cm³/mol. The lowest BCUT2D eigenvalue weighted by atomic mass is 10.2. The van der Waals surface area contributed by atoms with E-state index < -0.39 is 10.0 Å². The van der Waals surface area contributed by atoms with Gasteiger partial charge in [0, 0.05) is 17.8 Å². The number of hydrogen-bond acceptors (Lipinski definition) is 4. The topological polar surface area (TPSA) is 78.5 Å². The van der Waals surface area contributed by atoms with Crippen molar-refractivity contribution in [2.24, 2.45) is 0 Å². The highest BCUT2D eigenvalue weighted by atomic mass is 32.2. The van der Waals surface area contributed by atoms with E-state index in [0.29, 0.717) is 17.8 Å². The van der Waals surface area contributed by atoms with Crippen molar-refractivity contribution in [1.29, 1.82) is 0 Å². The molecule has 0 atom stereocenters. The number of sulfonamides is 1. The molecule has 1 aromatic rings. The first kappa shape index (κ1) is 16.8. The van der Waals surface area contributed by atoms with Gasteiger partial charge < -0.3 is 10.2 Å². The molecular weight excluding hydrogens is 302 g/mol. The van der Waals surface area contributed by atoms with Gasteiger partial charge in [0.2, 0.25) is 10.0 Å². The number of carbonyl (C=O) groups is 1. The molecule has 1 aliphatic rings. The number of hydrogen-bond donors (Lipinski definition) is 2. The summed E-state index contributed by atoms with van der Waals surface area (Å²) in [5, 5.41) is 2.87. The Hall–Kier alpha value is -1.60. The molecule has 0 spiro atoms. The van der Waals surface area contributed by atoms with E-state index in [2.05, 4.69) is 14.9 Å². The molecule has 2 N–H and O–H groups in total. The van der Waals surface area contributed by atoms with Crippen LogP contribution in [0, 0.1) is 0 Å². The lowest BCUT2D eigenvalue weighted by Crippen LogP contribution is -2.28. The van der Waals surface area contributed by atoms with Gasteiger partial charge in [-0.15, -0.1) is 0 Å². The van der Waals surface area contributed by atoms with E-state index in [9.17, 15) is 13.2 Å². The normalized spacial score (nSPS) is 15.7. The summed E-state index contributed by atoms with van der Waals surface area (Å²) in [5.41, 5.74) is 0.849. The van der Waals surface area contributed by atoms with Crippen LogP contribution in [0.1, 0.15) is 29.6 Å². The Labute approximate surface area is 131 Å². The average Bonchev–Trinajstić information content (AvgIpc) is 2.95. The number of carbonyl (C=O) groups excluding carboxylic acids is 1. The van der Waals surface area contributed by atoms with E-state index in [-0.39, 0.29) is 5.91 Å². The Morgan fingerprint density at radius 1 is 1.27 bits per heavy atom. The van der Waals surface area contributed by atoms with Gasteiger partial charge in [0.15, 0.2) is 0 Å². The van der Waals surface area contributed by atoms with Crippen LogP contribution in [0.5, 0.6) is 0 Å². The maximum atomic E-state index is 12.1. The summed E-state index contributed by atoms with van der Waals surface area (Å²) in [6.45, 7) is 3.95. The summed E-state index contributed by atoms with van der Waals surface area (Å²) in [6.07, 6.45) is 4.55. The molecule has 1 fully saturated rings. The first-order valence-corrected chi connectivity index (χ1v) is 9.41. The van der Waals surface area contributed by atoms with Gasteiger partial charge in [-0.3, -0.25) is 9.52 Å².